The van der Waals surface area contributed by atoms with Crippen molar-refractivity contribution in [2.24, 2.45) is 0 Å². The number of esters is 1. The molecule has 13 heteroatoms. The summed E-state index contributed by atoms with van der Waals surface area (Å²) in [4.78, 5) is 49.4. The number of nitro benzene ring substituents is 1. The highest BCUT2D eigenvalue weighted by atomic mass is 16.6. The van der Waals surface area contributed by atoms with E-state index in [0.29, 0.717) is 0 Å². The van der Waals surface area contributed by atoms with Crippen molar-refractivity contribution in [3.05, 3.63) is 61.0 Å². The molecule has 0 bridgehead atoms. The van der Waals surface area contributed by atoms with Crippen LogP contribution in [0.3, 0.4) is 0 Å². The van der Waals surface area contributed by atoms with Crippen LogP contribution in [0.15, 0.2) is 18.2 Å². The lowest BCUT2D eigenvalue weighted by Gasteiger charge is -2.12. The zero-order valence-electron chi connectivity index (χ0n) is 17.3. The van der Waals surface area contributed by atoms with E-state index in [1.54, 1.807) is 0 Å². The lowest BCUT2D eigenvalue weighted by Crippen LogP contribution is -2.13. The number of allylic oxidation sites excluding steroid dienone is 1. The van der Waals surface area contributed by atoms with Crippen LogP contribution in [0.1, 0.15) is 32.1 Å². The molecule has 1 aromatic carbocycles. The summed E-state index contributed by atoms with van der Waals surface area (Å²) >= 11 is 0. The van der Waals surface area contributed by atoms with Gasteiger partial charge >= 0.3 is 11.7 Å². The minimum absolute atomic E-state index is 0.0601. The van der Waals surface area contributed by atoms with E-state index < -0.39 is 44.4 Å². The minimum atomic E-state index is -1.04. The molecular weight excluding hydrogens is 430 g/mol. The molecular formula is C19H17N3O10. The average Bonchev–Trinajstić information content (AvgIpc) is 2.75. The summed E-state index contributed by atoms with van der Waals surface area (Å²) in [6.45, 7) is 1.38. The second kappa shape index (κ2) is 9.51. The zero-order chi connectivity index (χ0) is 24.2. The maximum atomic E-state index is 12.7. The third kappa shape index (κ3) is 4.45. The number of ether oxygens (including phenoxy) is 3. The van der Waals surface area contributed by atoms with Crippen LogP contribution in [0.4, 0.5) is 11.4 Å². The number of aromatic hydroxyl groups is 1. The van der Waals surface area contributed by atoms with Gasteiger partial charge in [0.1, 0.15) is 5.56 Å². The zero-order valence-corrected chi connectivity index (χ0v) is 17.3. The molecule has 0 aliphatic heterocycles. The van der Waals surface area contributed by atoms with Gasteiger partial charge in [0.25, 0.3) is 5.69 Å². The molecule has 1 heterocycles. The van der Waals surface area contributed by atoms with Crippen LogP contribution < -0.4 is 9.47 Å². The Morgan fingerprint density at radius 3 is 2.22 bits per heavy atom. The number of methoxy groups -OCH3 is 3. The number of benzene rings is 1. The SMILES string of the molecule is COC(=O)c1nc(C(=O)/C=C\c2c(OC)c(OC)cc(O)c2[N+](=O)[O-])c([N+](=O)[O-])cc1C. The Kier molecular flexibility index (Phi) is 7.05. The molecule has 0 spiro atoms. The number of carbonyl (C=O) groups is 2. The number of nitrogens with zero attached hydrogens (tertiary/aromatic N) is 3. The van der Waals surface area contributed by atoms with Crippen LogP contribution in [0, 0.1) is 27.2 Å². The van der Waals surface area contributed by atoms with Gasteiger partial charge in [0.15, 0.2) is 28.6 Å². The second-order valence-corrected chi connectivity index (χ2v) is 6.12. The fraction of sp³-hybridized carbons (Fsp3) is 0.211. The maximum absolute atomic E-state index is 12.7. The topological polar surface area (TPSA) is 181 Å². The van der Waals surface area contributed by atoms with Crippen LogP contribution in [0.2, 0.25) is 0 Å². The van der Waals surface area contributed by atoms with Gasteiger partial charge in [-0.25, -0.2) is 9.78 Å². The lowest BCUT2D eigenvalue weighted by atomic mass is 10.1. The van der Waals surface area contributed by atoms with Crippen molar-refractivity contribution in [3.63, 3.8) is 0 Å². The summed E-state index contributed by atoms with van der Waals surface area (Å²) in [7, 11) is 3.50. The van der Waals surface area contributed by atoms with E-state index in [0.717, 1.165) is 31.4 Å². The summed E-state index contributed by atoms with van der Waals surface area (Å²) < 4.78 is 14.7. The summed E-state index contributed by atoms with van der Waals surface area (Å²) in [5, 5.41) is 32.8. The van der Waals surface area contributed by atoms with Crippen LogP contribution >= 0.6 is 0 Å². The molecule has 0 saturated heterocycles. The first-order chi connectivity index (χ1) is 15.1. The number of phenolic OH excluding ortho intramolecular Hbond substituents is 1. The summed E-state index contributed by atoms with van der Waals surface area (Å²) in [5.41, 5.74) is -2.68. The molecule has 13 nitrogen and oxygen atoms in total. The van der Waals surface area contributed by atoms with Gasteiger partial charge < -0.3 is 19.3 Å². The van der Waals surface area contributed by atoms with Crippen LogP contribution in [0.25, 0.3) is 6.08 Å². The predicted molar refractivity (Wildman–Crippen MR) is 108 cm³/mol. The van der Waals surface area contributed by atoms with Crippen molar-refractivity contribution in [2.45, 2.75) is 6.92 Å². The van der Waals surface area contributed by atoms with Crippen LogP contribution in [-0.4, -0.2) is 53.0 Å². The van der Waals surface area contributed by atoms with Crippen molar-refractivity contribution < 1.29 is 38.8 Å². The Hall–Kier alpha value is -4.55. The number of carbonyl (C=O) groups excluding carboxylic acids is 2. The molecule has 0 saturated carbocycles. The normalized spacial score (nSPS) is 10.6. The third-order valence-corrected chi connectivity index (χ3v) is 4.24. The van der Waals surface area contributed by atoms with Crippen molar-refractivity contribution >= 4 is 29.2 Å². The third-order valence-electron chi connectivity index (χ3n) is 4.24. The smallest absolute Gasteiger partial charge is 0.356 e. The number of hydrogen-bond donors (Lipinski definition) is 1. The minimum Gasteiger partial charge on any atom is -0.502 e. The number of aromatic nitrogens is 1. The summed E-state index contributed by atoms with van der Waals surface area (Å²) in [6, 6.07) is 1.95. The van der Waals surface area contributed by atoms with E-state index in [1.807, 2.05) is 0 Å². The van der Waals surface area contributed by atoms with Gasteiger partial charge in [0.2, 0.25) is 5.78 Å². The fourth-order valence-corrected chi connectivity index (χ4v) is 2.81. The van der Waals surface area contributed by atoms with E-state index in [9.17, 15) is 34.9 Å². The van der Waals surface area contributed by atoms with Gasteiger partial charge in [-0.3, -0.25) is 25.0 Å². The van der Waals surface area contributed by atoms with E-state index in [4.69, 9.17) is 9.47 Å². The first kappa shape index (κ1) is 23.7. The monoisotopic (exact) mass is 447 g/mol. The van der Waals surface area contributed by atoms with E-state index >= 15 is 0 Å². The van der Waals surface area contributed by atoms with Crippen LogP contribution in [0.5, 0.6) is 17.2 Å². The fourth-order valence-electron chi connectivity index (χ4n) is 2.81. The molecule has 0 unspecified atom stereocenters. The number of phenols is 1. The molecule has 0 amide bonds. The van der Waals surface area contributed by atoms with E-state index in [-0.39, 0.29) is 28.3 Å². The molecule has 2 rings (SSSR count). The van der Waals surface area contributed by atoms with Gasteiger partial charge in [-0.05, 0) is 24.6 Å². The van der Waals surface area contributed by atoms with E-state index in [1.165, 1.54) is 21.1 Å². The molecule has 0 atom stereocenters. The van der Waals surface area contributed by atoms with Gasteiger partial charge in [0.05, 0.1) is 31.2 Å². The number of nitro groups is 2. The molecule has 32 heavy (non-hydrogen) atoms. The molecule has 0 radical (unpaired) electrons. The van der Waals surface area contributed by atoms with Gasteiger partial charge in [-0.1, -0.05) is 0 Å². The Morgan fingerprint density at radius 2 is 1.72 bits per heavy atom. The van der Waals surface area contributed by atoms with E-state index in [2.05, 4.69) is 9.72 Å². The number of aryl methyl sites for hydroxylation is 1. The predicted octanol–water partition coefficient (Wildman–Crippen LogP) is 2.61. The quantitative estimate of drug-likeness (QED) is 0.206. The highest BCUT2D eigenvalue weighted by Crippen LogP contribution is 2.44. The molecule has 2 aromatic rings. The Labute approximate surface area is 180 Å². The largest absolute Gasteiger partial charge is 0.502 e. The maximum Gasteiger partial charge on any atom is 0.356 e. The van der Waals surface area contributed by atoms with Crippen LogP contribution in [-0.2, 0) is 4.74 Å². The number of hydrogen-bond acceptors (Lipinski definition) is 11. The van der Waals surface area contributed by atoms with Gasteiger partial charge in [0, 0.05) is 12.1 Å². The molecule has 1 N–H and O–H groups in total. The highest BCUT2D eigenvalue weighted by Gasteiger charge is 2.28. The molecule has 0 fully saturated rings. The van der Waals surface area contributed by atoms with Crippen molar-refractivity contribution in [1.29, 1.82) is 0 Å². The highest BCUT2D eigenvalue weighted by molar-refractivity contribution is 6.09. The Balaban J connectivity index is 2.69. The summed E-state index contributed by atoms with van der Waals surface area (Å²) in [6.07, 6.45) is 1.68. The van der Waals surface area contributed by atoms with Gasteiger partial charge in [-0.2, -0.15) is 0 Å². The second-order valence-electron chi connectivity index (χ2n) is 6.12. The van der Waals surface area contributed by atoms with Gasteiger partial charge in [-0.15, -0.1) is 0 Å². The first-order valence-electron chi connectivity index (χ1n) is 8.66. The Morgan fingerprint density at radius 1 is 1.06 bits per heavy atom. The number of rotatable bonds is 8. The standard InChI is InChI=1S/C19H17N3O10/c1-9-7-11(21(26)27)16(20-15(9)19(25)32-4)12(23)6-5-10-17(22(28)29)13(24)8-14(30-2)18(10)31-3/h5-8,24H,1-4H3/b6-5-. The van der Waals surface area contributed by atoms with Crippen molar-refractivity contribution in [3.8, 4) is 17.2 Å². The van der Waals surface area contributed by atoms with Crippen molar-refractivity contribution in [1.82, 2.24) is 4.98 Å². The summed E-state index contributed by atoms with van der Waals surface area (Å²) in [5.74, 6) is -2.93. The lowest BCUT2D eigenvalue weighted by molar-refractivity contribution is -0.386. The number of pyridine rings is 1. The molecule has 168 valence electrons. The molecule has 0 aliphatic carbocycles. The Bertz CT molecular complexity index is 1160. The average molecular weight is 447 g/mol. The molecule has 0 aliphatic rings. The number of ketones is 1. The first-order valence-corrected chi connectivity index (χ1v) is 8.66. The van der Waals surface area contributed by atoms with Crippen molar-refractivity contribution in [2.75, 3.05) is 21.3 Å². The molecule has 1 aromatic heterocycles.